The third-order valence-corrected chi connectivity index (χ3v) is 3.78. The van der Waals surface area contributed by atoms with E-state index in [1.807, 2.05) is 4.90 Å². The van der Waals surface area contributed by atoms with Crippen molar-refractivity contribution >= 4 is 11.6 Å². The molecule has 0 saturated heterocycles. The Balaban J connectivity index is 1.81. The molecule has 0 saturated carbocycles. The maximum absolute atomic E-state index is 13.4. The van der Waals surface area contributed by atoms with Crippen LogP contribution in [0.3, 0.4) is 0 Å². The average molecular weight is 319 g/mol. The minimum Gasteiger partial charge on any atom is -0.369 e. The molecule has 120 valence electrons. The fourth-order valence-corrected chi connectivity index (χ4v) is 2.69. The summed E-state index contributed by atoms with van der Waals surface area (Å²) in [7, 11) is 0. The van der Waals surface area contributed by atoms with Crippen molar-refractivity contribution in [2.75, 3.05) is 12.3 Å². The smallest absolute Gasteiger partial charge is 0.305 e. The van der Waals surface area contributed by atoms with E-state index in [2.05, 4.69) is 9.97 Å². The molecule has 0 bridgehead atoms. The predicted octanol–water partition coefficient (Wildman–Crippen LogP) is 0.958. The van der Waals surface area contributed by atoms with Gasteiger partial charge in [0.05, 0.1) is 16.2 Å². The van der Waals surface area contributed by atoms with Gasteiger partial charge in [0.1, 0.15) is 0 Å². The number of nitrogens with zero attached hydrogens (tertiary/aromatic N) is 3. The molecule has 2 heterocycles. The van der Waals surface area contributed by atoms with Crippen LogP contribution in [0.25, 0.3) is 0 Å². The van der Waals surface area contributed by atoms with Crippen LogP contribution in [-0.4, -0.2) is 26.3 Å². The van der Waals surface area contributed by atoms with E-state index < -0.39 is 16.4 Å². The molecule has 0 amide bonds. The number of halogens is 1. The second kappa shape index (κ2) is 5.76. The van der Waals surface area contributed by atoms with E-state index in [4.69, 9.17) is 5.73 Å². The number of anilines is 1. The van der Waals surface area contributed by atoms with Gasteiger partial charge in [-0.2, -0.15) is 4.39 Å². The fraction of sp³-hybridized carbons (Fsp3) is 0.286. The number of nitrogens with two attached hydrogens (primary N) is 1. The summed E-state index contributed by atoms with van der Waals surface area (Å²) >= 11 is 0. The Morgan fingerprint density at radius 2 is 2.26 bits per heavy atom. The van der Waals surface area contributed by atoms with Gasteiger partial charge in [0.25, 0.3) is 5.56 Å². The second-order valence-corrected chi connectivity index (χ2v) is 5.38. The Labute approximate surface area is 129 Å². The van der Waals surface area contributed by atoms with Crippen molar-refractivity contribution in [3.8, 4) is 0 Å². The molecule has 1 aliphatic heterocycles. The summed E-state index contributed by atoms with van der Waals surface area (Å²) in [6, 6.07) is 3.81. The third-order valence-electron chi connectivity index (χ3n) is 3.78. The molecule has 1 aromatic heterocycles. The lowest BCUT2D eigenvalue weighted by atomic mass is 10.1. The van der Waals surface area contributed by atoms with Gasteiger partial charge >= 0.3 is 5.69 Å². The van der Waals surface area contributed by atoms with E-state index in [0.717, 1.165) is 6.07 Å². The summed E-state index contributed by atoms with van der Waals surface area (Å²) in [5.41, 5.74) is 6.53. The first-order valence-corrected chi connectivity index (χ1v) is 6.97. The molecular formula is C14H14FN5O3. The molecule has 0 radical (unpaired) electrons. The van der Waals surface area contributed by atoms with E-state index in [0.29, 0.717) is 42.9 Å². The highest BCUT2D eigenvalue weighted by atomic mass is 19.1. The van der Waals surface area contributed by atoms with Crippen molar-refractivity contribution in [1.29, 1.82) is 0 Å². The zero-order chi connectivity index (χ0) is 16.6. The van der Waals surface area contributed by atoms with Crippen molar-refractivity contribution < 1.29 is 9.31 Å². The SMILES string of the molecule is Nc1nc2c(c(=O)[nH]1)CN(Cc1ccc(F)c([N+](=O)[O-])c1)CC2. The van der Waals surface area contributed by atoms with Gasteiger partial charge in [-0.05, 0) is 11.6 Å². The Morgan fingerprint density at radius 3 is 3.00 bits per heavy atom. The number of fused-ring (bicyclic) bond motifs is 1. The number of hydrogen-bond acceptors (Lipinski definition) is 6. The highest BCUT2D eigenvalue weighted by molar-refractivity contribution is 5.36. The van der Waals surface area contributed by atoms with E-state index in [1.165, 1.54) is 12.1 Å². The van der Waals surface area contributed by atoms with E-state index in [9.17, 15) is 19.3 Å². The summed E-state index contributed by atoms with van der Waals surface area (Å²) in [4.78, 5) is 30.5. The Bertz CT molecular complexity index is 836. The zero-order valence-corrected chi connectivity index (χ0v) is 12.1. The molecule has 0 spiro atoms. The van der Waals surface area contributed by atoms with Crippen molar-refractivity contribution in [2.24, 2.45) is 0 Å². The minimum absolute atomic E-state index is 0.0939. The van der Waals surface area contributed by atoms with Crippen molar-refractivity contribution in [2.45, 2.75) is 19.5 Å². The average Bonchev–Trinajstić information content (AvgIpc) is 2.49. The lowest BCUT2D eigenvalue weighted by Gasteiger charge is -2.27. The quantitative estimate of drug-likeness (QED) is 0.642. The molecule has 0 atom stereocenters. The van der Waals surface area contributed by atoms with Gasteiger partial charge in [-0.25, -0.2) is 4.98 Å². The van der Waals surface area contributed by atoms with Gasteiger partial charge in [0.2, 0.25) is 11.8 Å². The number of rotatable bonds is 3. The van der Waals surface area contributed by atoms with Gasteiger partial charge in [0, 0.05) is 32.1 Å². The maximum atomic E-state index is 13.4. The number of aromatic nitrogens is 2. The molecule has 0 unspecified atom stereocenters. The minimum atomic E-state index is -0.862. The lowest BCUT2D eigenvalue weighted by molar-refractivity contribution is -0.387. The molecular weight excluding hydrogens is 305 g/mol. The lowest BCUT2D eigenvalue weighted by Crippen LogP contribution is -2.35. The summed E-state index contributed by atoms with van der Waals surface area (Å²) in [6.45, 7) is 1.38. The van der Waals surface area contributed by atoms with Crippen LogP contribution in [0.2, 0.25) is 0 Å². The van der Waals surface area contributed by atoms with Crippen LogP contribution >= 0.6 is 0 Å². The van der Waals surface area contributed by atoms with Gasteiger partial charge in [-0.1, -0.05) is 6.07 Å². The standard InChI is InChI=1S/C14H14FN5O3/c15-10-2-1-8(5-12(10)20(22)23)6-19-4-3-11-9(7-19)13(21)18-14(16)17-11/h1-2,5H,3-4,6-7H2,(H3,16,17,18,21). The Kier molecular flexibility index (Phi) is 3.78. The molecule has 1 aromatic carbocycles. The van der Waals surface area contributed by atoms with E-state index in [1.54, 1.807) is 0 Å². The molecule has 23 heavy (non-hydrogen) atoms. The van der Waals surface area contributed by atoms with E-state index >= 15 is 0 Å². The van der Waals surface area contributed by atoms with Crippen LogP contribution < -0.4 is 11.3 Å². The van der Waals surface area contributed by atoms with Crippen LogP contribution in [-0.2, 0) is 19.5 Å². The van der Waals surface area contributed by atoms with Crippen LogP contribution in [0.4, 0.5) is 16.0 Å². The molecule has 1 aliphatic rings. The summed E-state index contributed by atoms with van der Waals surface area (Å²) in [5, 5.41) is 10.8. The first-order valence-electron chi connectivity index (χ1n) is 6.97. The predicted molar refractivity (Wildman–Crippen MR) is 80.1 cm³/mol. The number of H-pyrrole nitrogens is 1. The normalized spacial score (nSPS) is 14.5. The van der Waals surface area contributed by atoms with Crippen molar-refractivity contribution in [3.63, 3.8) is 0 Å². The molecule has 0 aliphatic carbocycles. The van der Waals surface area contributed by atoms with Crippen molar-refractivity contribution in [3.05, 3.63) is 61.3 Å². The third kappa shape index (κ3) is 3.04. The van der Waals surface area contributed by atoms with Gasteiger partial charge in [-0.15, -0.1) is 0 Å². The van der Waals surface area contributed by atoms with Crippen LogP contribution in [0, 0.1) is 15.9 Å². The highest BCUT2D eigenvalue weighted by Crippen LogP contribution is 2.21. The van der Waals surface area contributed by atoms with Crippen LogP contribution in [0.15, 0.2) is 23.0 Å². The summed E-state index contributed by atoms with van der Waals surface area (Å²) in [5.74, 6) is -0.768. The van der Waals surface area contributed by atoms with Crippen LogP contribution in [0.5, 0.6) is 0 Å². The number of nitrogens with one attached hydrogen (secondary N) is 1. The molecule has 3 N–H and O–H groups in total. The number of nitro benzene ring substituents is 1. The Morgan fingerprint density at radius 1 is 1.48 bits per heavy atom. The number of nitrogen functional groups attached to an aromatic ring is 1. The van der Waals surface area contributed by atoms with Gasteiger partial charge in [-0.3, -0.25) is 24.8 Å². The molecule has 3 rings (SSSR count). The first-order chi connectivity index (χ1) is 10.9. The monoisotopic (exact) mass is 319 g/mol. The summed E-state index contributed by atoms with van der Waals surface area (Å²) in [6.07, 6.45) is 0.562. The fourth-order valence-electron chi connectivity index (χ4n) is 2.69. The second-order valence-electron chi connectivity index (χ2n) is 5.38. The molecule has 8 nitrogen and oxygen atoms in total. The number of nitro groups is 1. The largest absolute Gasteiger partial charge is 0.369 e. The number of hydrogen-bond donors (Lipinski definition) is 2. The van der Waals surface area contributed by atoms with Crippen molar-refractivity contribution in [1.82, 2.24) is 14.9 Å². The first kappa shape index (κ1) is 15.1. The maximum Gasteiger partial charge on any atom is 0.305 e. The number of aromatic amines is 1. The molecule has 9 heteroatoms. The molecule has 2 aromatic rings. The topological polar surface area (TPSA) is 118 Å². The van der Waals surface area contributed by atoms with Gasteiger partial charge < -0.3 is 5.73 Å². The highest BCUT2D eigenvalue weighted by Gasteiger charge is 2.22. The Hall–Kier alpha value is -2.81. The van der Waals surface area contributed by atoms with Crippen LogP contribution in [0.1, 0.15) is 16.8 Å². The molecule has 0 fully saturated rings. The zero-order valence-electron chi connectivity index (χ0n) is 12.1. The number of benzene rings is 1. The summed E-state index contributed by atoms with van der Waals surface area (Å²) < 4.78 is 13.4. The van der Waals surface area contributed by atoms with Gasteiger partial charge in [0.15, 0.2) is 0 Å². The van der Waals surface area contributed by atoms with E-state index in [-0.39, 0.29) is 11.5 Å².